The van der Waals surface area contributed by atoms with E-state index < -0.39 is 24.4 Å². The standard InChI is InChI=1S/C14H17N3O4/c1-7-2-4-8(5-3-7)13-15-14(17-16-13)12-11(20)10(19)9(18)6-21-12/h2-5,9-12,18-20H,6H2,1H3,(H,15,16,17)/t9-,10+,11-,12-/m1/s1. The number of nitrogens with one attached hydrogen (secondary N) is 1. The third kappa shape index (κ3) is 2.68. The Bertz CT molecular complexity index is 613. The predicted octanol–water partition coefficient (Wildman–Crippen LogP) is -0.0659. The van der Waals surface area contributed by atoms with E-state index in [-0.39, 0.29) is 6.61 Å². The van der Waals surface area contributed by atoms with Gasteiger partial charge < -0.3 is 20.1 Å². The van der Waals surface area contributed by atoms with Gasteiger partial charge in [0, 0.05) is 5.56 Å². The van der Waals surface area contributed by atoms with Crippen molar-refractivity contribution >= 4 is 0 Å². The van der Waals surface area contributed by atoms with Crippen LogP contribution in [0.5, 0.6) is 0 Å². The summed E-state index contributed by atoms with van der Waals surface area (Å²) >= 11 is 0. The highest BCUT2D eigenvalue weighted by Crippen LogP contribution is 2.28. The molecule has 0 saturated carbocycles. The maximum absolute atomic E-state index is 9.95. The average molecular weight is 291 g/mol. The molecule has 4 N–H and O–H groups in total. The molecule has 1 aromatic carbocycles. The Morgan fingerprint density at radius 2 is 1.86 bits per heavy atom. The second kappa shape index (κ2) is 5.53. The first kappa shape index (κ1) is 14.2. The van der Waals surface area contributed by atoms with Crippen LogP contribution in [-0.4, -0.2) is 55.4 Å². The fraction of sp³-hybridized carbons (Fsp3) is 0.429. The molecule has 0 aliphatic carbocycles. The summed E-state index contributed by atoms with van der Waals surface area (Å²) in [5, 5.41) is 35.9. The summed E-state index contributed by atoms with van der Waals surface area (Å²) in [6, 6.07) is 7.72. The molecule has 3 rings (SSSR count). The molecule has 2 heterocycles. The first-order chi connectivity index (χ1) is 10.1. The van der Waals surface area contributed by atoms with Gasteiger partial charge in [-0.2, -0.15) is 5.10 Å². The van der Waals surface area contributed by atoms with Crippen molar-refractivity contribution < 1.29 is 20.1 Å². The van der Waals surface area contributed by atoms with Crippen LogP contribution in [0.15, 0.2) is 24.3 Å². The summed E-state index contributed by atoms with van der Waals surface area (Å²) < 4.78 is 5.33. The van der Waals surface area contributed by atoms with E-state index in [0.717, 1.165) is 11.1 Å². The second-order valence-corrected chi connectivity index (χ2v) is 5.21. The van der Waals surface area contributed by atoms with Crippen LogP contribution >= 0.6 is 0 Å². The van der Waals surface area contributed by atoms with Gasteiger partial charge >= 0.3 is 0 Å². The first-order valence-corrected chi connectivity index (χ1v) is 6.71. The molecule has 1 saturated heterocycles. The molecule has 0 spiro atoms. The number of H-pyrrole nitrogens is 1. The number of aromatic amines is 1. The van der Waals surface area contributed by atoms with Crippen LogP contribution in [0.3, 0.4) is 0 Å². The van der Waals surface area contributed by atoms with E-state index in [2.05, 4.69) is 15.2 Å². The average Bonchev–Trinajstić information content (AvgIpc) is 2.95. The molecule has 1 aliphatic rings. The van der Waals surface area contributed by atoms with E-state index in [1.807, 2.05) is 31.2 Å². The summed E-state index contributed by atoms with van der Waals surface area (Å²) in [4.78, 5) is 4.30. The number of aromatic nitrogens is 3. The van der Waals surface area contributed by atoms with Gasteiger partial charge in [0.15, 0.2) is 11.6 Å². The van der Waals surface area contributed by atoms with Crippen molar-refractivity contribution in [3.63, 3.8) is 0 Å². The van der Waals surface area contributed by atoms with E-state index >= 15 is 0 Å². The number of ether oxygens (including phenoxy) is 1. The number of hydrogen-bond donors (Lipinski definition) is 4. The van der Waals surface area contributed by atoms with Gasteiger partial charge in [0.25, 0.3) is 0 Å². The highest BCUT2D eigenvalue weighted by Gasteiger charge is 2.40. The zero-order valence-corrected chi connectivity index (χ0v) is 11.5. The molecule has 0 amide bonds. The zero-order chi connectivity index (χ0) is 15.0. The van der Waals surface area contributed by atoms with Gasteiger partial charge in [0.2, 0.25) is 0 Å². The van der Waals surface area contributed by atoms with Crippen molar-refractivity contribution in [1.82, 2.24) is 15.2 Å². The molecular formula is C14H17N3O4. The number of aryl methyl sites for hydroxylation is 1. The first-order valence-electron chi connectivity index (χ1n) is 6.71. The Labute approximate surface area is 121 Å². The van der Waals surface area contributed by atoms with Gasteiger partial charge in [-0.25, -0.2) is 4.98 Å². The Kier molecular flexibility index (Phi) is 3.73. The van der Waals surface area contributed by atoms with Crippen molar-refractivity contribution in [3.8, 4) is 11.4 Å². The van der Waals surface area contributed by atoms with Gasteiger partial charge in [-0.3, -0.25) is 5.10 Å². The molecule has 2 aromatic rings. The lowest BCUT2D eigenvalue weighted by atomic mass is 10.00. The normalized spacial score (nSPS) is 29.5. The number of aliphatic hydroxyl groups is 3. The molecule has 4 atom stereocenters. The minimum atomic E-state index is -1.27. The lowest BCUT2D eigenvalue weighted by molar-refractivity contribution is -0.191. The molecule has 1 aromatic heterocycles. The van der Waals surface area contributed by atoms with Crippen molar-refractivity contribution in [2.24, 2.45) is 0 Å². The smallest absolute Gasteiger partial charge is 0.181 e. The van der Waals surface area contributed by atoms with Gasteiger partial charge in [-0.05, 0) is 6.92 Å². The number of benzene rings is 1. The van der Waals surface area contributed by atoms with Gasteiger partial charge in [-0.15, -0.1) is 0 Å². The van der Waals surface area contributed by atoms with E-state index in [1.54, 1.807) is 0 Å². The number of nitrogens with zero attached hydrogens (tertiary/aromatic N) is 2. The molecule has 21 heavy (non-hydrogen) atoms. The maximum atomic E-state index is 9.95. The maximum Gasteiger partial charge on any atom is 0.181 e. The Hall–Kier alpha value is -1.80. The summed E-state index contributed by atoms with van der Waals surface area (Å²) in [7, 11) is 0. The van der Waals surface area contributed by atoms with Crippen LogP contribution in [0.1, 0.15) is 17.5 Å². The molecular weight excluding hydrogens is 274 g/mol. The predicted molar refractivity (Wildman–Crippen MR) is 73.3 cm³/mol. The molecule has 0 radical (unpaired) electrons. The van der Waals surface area contributed by atoms with Crippen LogP contribution in [0.25, 0.3) is 11.4 Å². The van der Waals surface area contributed by atoms with Gasteiger partial charge in [0.05, 0.1) is 6.61 Å². The molecule has 7 nitrogen and oxygen atoms in total. The molecule has 112 valence electrons. The summed E-state index contributed by atoms with van der Waals surface area (Å²) in [5.41, 5.74) is 1.98. The lowest BCUT2D eigenvalue weighted by Crippen LogP contribution is -2.49. The van der Waals surface area contributed by atoms with Gasteiger partial charge in [-0.1, -0.05) is 29.8 Å². The molecule has 1 fully saturated rings. The van der Waals surface area contributed by atoms with Crippen molar-refractivity contribution in [3.05, 3.63) is 35.7 Å². The van der Waals surface area contributed by atoms with E-state index in [1.165, 1.54) is 0 Å². The molecule has 0 bridgehead atoms. The van der Waals surface area contributed by atoms with E-state index in [0.29, 0.717) is 11.6 Å². The van der Waals surface area contributed by atoms with E-state index in [9.17, 15) is 15.3 Å². The fourth-order valence-corrected chi connectivity index (χ4v) is 2.28. The SMILES string of the molecule is Cc1ccc(-c2n[nH]c([C@@H]3OC[C@@H](O)[C@H](O)[C@H]3O)n2)cc1. The monoisotopic (exact) mass is 291 g/mol. The molecule has 0 unspecified atom stereocenters. The summed E-state index contributed by atoms with van der Waals surface area (Å²) in [6.07, 6.45) is -4.46. The third-order valence-corrected chi connectivity index (χ3v) is 3.58. The molecule has 1 aliphatic heterocycles. The second-order valence-electron chi connectivity index (χ2n) is 5.21. The minimum Gasteiger partial charge on any atom is -0.388 e. The minimum absolute atomic E-state index is 0.0660. The van der Waals surface area contributed by atoms with Crippen LogP contribution < -0.4 is 0 Å². The Morgan fingerprint density at radius 3 is 2.57 bits per heavy atom. The van der Waals surface area contributed by atoms with E-state index in [4.69, 9.17) is 4.74 Å². The van der Waals surface area contributed by atoms with Crippen molar-refractivity contribution in [2.45, 2.75) is 31.3 Å². The third-order valence-electron chi connectivity index (χ3n) is 3.58. The number of rotatable bonds is 2. The van der Waals surface area contributed by atoms with Crippen molar-refractivity contribution in [2.75, 3.05) is 6.61 Å². The Morgan fingerprint density at radius 1 is 1.14 bits per heavy atom. The summed E-state index contributed by atoms with van der Waals surface area (Å²) in [5.74, 6) is 0.811. The highest BCUT2D eigenvalue weighted by molar-refractivity contribution is 5.54. The fourth-order valence-electron chi connectivity index (χ4n) is 2.28. The summed E-state index contributed by atoms with van der Waals surface area (Å²) in [6.45, 7) is 1.93. The zero-order valence-electron chi connectivity index (χ0n) is 11.5. The highest BCUT2D eigenvalue weighted by atomic mass is 16.5. The van der Waals surface area contributed by atoms with Crippen molar-refractivity contribution in [1.29, 1.82) is 0 Å². The quantitative estimate of drug-likeness (QED) is 0.616. The topological polar surface area (TPSA) is 111 Å². The molecule has 7 heteroatoms. The van der Waals surface area contributed by atoms with Crippen LogP contribution in [-0.2, 0) is 4.74 Å². The van der Waals surface area contributed by atoms with Crippen LogP contribution in [0.2, 0.25) is 0 Å². The van der Waals surface area contributed by atoms with Crippen LogP contribution in [0, 0.1) is 6.92 Å². The number of hydrogen-bond acceptors (Lipinski definition) is 6. The Balaban J connectivity index is 1.83. The van der Waals surface area contributed by atoms with Crippen LogP contribution in [0.4, 0.5) is 0 Å². The van der Waals surface area contributed by atoms with Gasteiger partial charge in [0.1, 0.15) is 24.4 Å². The lowest BCUT2D eigenvalue weighted by Gasteiger charge is -2.33. The largest absolute Gasteiger partial charge is 0.388 e. The number of aliphatic hydroxyl groups excluding tert-OH is 3.